The second-order valence-electron chi connectivity index (χ2n) is 10.9. The van der Waals surface area contributed by atoms with Crippen LogP contribution < -0.4 is 5.32 Å². The fourth-order valence-corrected chi connectivity index (χ4v) is 6.36. The maximum Gasteiger partial charge on any atom is 0.329 e. The molecule has 6 heteroatoms. The van der Waals surface area contributed by atoms with Crippen molar-refractivity contribution in [2.75, 3.05) is 6.54 Å². The van der Waals surface area contributed by atoms with Crippen LogP contribution in [0.4, 0.5) is 0 Å². The largest absolute Gasteiger partial charge is 0.459 e. The van der Waals surface area contributed by atoms with Crippen LogP contribution in [0.5, 0.6) is 0 Å². The Hall–Kier alpha value is -3.41. The van der Waals surface area contributed by atoms with E-state index in [0.717, 1.165) is 36.9 Å². The summed E-state index contributed by atoms with van der Waals surface area (Å²) in [5.74, 6) is -1.36. The third-order valence-corrected chi connectivity index (χ3v) is 8.40. The molecule has 1 saturated carbocycles. The molecule has 2 amide bonds. The number of amides is 2. The van der Waals surface area contributed by atoms with Gasteiger partial charge in [0.1, 0.15) is 12.6 Å². The zero-order valence-electron chi connectivity index (χ0n) is 22.0. The molecule has 1 heterocycles. The van der Waals surface area contributed by atoms with Crippen LogP contribution in [0, 0.1) is 17.8 Å². The number of fused-ring (bicyclic) bond motifs is 1. The van der Waals surface area contributed by atoms with E-state index in [1.165, 1.54) is 19.3 Å². The predicted molar refractivity (Wildman–Crippen MR) is 146 cm³/mol. The molecular formula is C32H38N2O4. The van der Waals surface area contributed by atoms with Gasteiger partial charge in [0.25, 0.3) is 0 Å². The van der Waals surface area contributed by atoms with Crippen molar-refractivity contribution < 1.29 is 19.1 Å². The van der Waals surface area contributed by atoms with E-state index in [-0.39, 0.29) is 30.3 Å². The van der Waals surface area contributed by atoms with Gasteiger partial charge >= 0.3 is 5.97 Å². The zero-order valence-corrected chi connectivity index (χ0v) is 22.0. The van der Waals surface area contributed by atoms with E-state index < -0.39 is 17.9 Å². The van der Waals surface area contributed by atoms with Crippen LogP contribution in [-0.4, -0.2) is 41.3 Å². The van der Waals surface area contributed by atoms with E-state index in [0.29, 0.717) is 18.9 Å². The highest BCUT2D eigenvalue weighted by Crippen LogP contribution is 2.39. The molecule has 6 nitrogen and oxygen atoms in total. The summed E-state index contributed by atoms with van der Waals surface area (Å²) in [5.41, 5.74) is 1.83. The molecule has 4 atom stereocenters. The van der Waals surface area contributed by atoms with Crippen LogP contribution >= 0.6 is 0 Å². The fraction of sp³-hybridized carbons (Fsp3) is 0.469. The van der Waals surface area contributed by atoms with Crippen LogP contribution in [-0.2, 0) is 32.1 Å². The van der Waals surface area contributed by atoms with E-state index in [9.17, 15) is 14.4 Å². The van der Waals surface area contributed by atoms with Crippen molar-refractivity contribution in [2.45, 2.75) is 70.1 Å². The van der Waals surface area contributed by atoms with Gasteiger partial charge in [-0.25, -0.2) is 4.79 Å². The Morgan fingerprint density at radius 1 is 0.921 bits per heavy atom. The minimum Gasteiger partial charge on any atom is -0.459 e. The number of rotatable bonds is 8. The molecule has 0 aromatic heterocycles. The molecule has 0 spiro atoms. The summed E-state index contributed by atoms with van der Waals surface area (Å²) in [6, 6.07) is 18.6. The summed E-state index contributed by atoms with van der Waals surface area (Å²) >= 11 is 0. The predicted octanol–water partition coefficient (Wildman–Crippen LogP) is 4.83. The number of likely N-dealkylation sites (tertiary alicyclic amines) is 1. The highest BCUT2D eigenvalue weighted by Gasteiger charge is 2.46. The van der Waals surface area contributed by atoms with E-state index in [1.807, 2.05) is 66.7 Å². The van der Waals surface area contributed by atoms with Gasteiger partial charge in [-0.15, -0.1) is 0 Å². The van der Waals surface area contributed by atoms with Gasteiger partial charge in [0.2, 0.25) is 11.8 Å². The molecule has 200 valence electrons. The van der Waals surface area contributed by atoms with E-state index in [2.05, 4.69) is 16.3 Å². The number of carbonyl (C=O) groups excluding carboxylic acids is 3. The first-order valence-electron chi connectivity index (χ1n) is 14.1. The number of benzene rings is 2. The monoisotopic (exact) mass is 514 g/mol. The summed E-state index contributed by atoms with van der Waals surface area (Å²) in [4.78, 5) is 42.8. The number of esters is 1. The Morgan fingerprint density at radius 2 is 1.61 bits per heavy atom. The summed E-state index contributed by atoms with van der Waals surface area (Å²) in [7, 11) is 0. The maximum absolute atomic E-state index is 13.8. The third-order valence-electron chi connectivity index (χ3n) is 8.40. The van der Waals surface area contributed by atoms with Crippen LogP contribution in [0.2, 0.25) is 0 Å². The van der Waals surface area contributed by atoms with Gasteiger partial charge in [-0.2, -0.15) is 0 Å². The third kappa shape index (κ3) is 6.17. The SMILES string of the molecule is O=C(OCc1ccccc1)[C@H](Cc1ccccc1)NC(=O)[C@@H]1CC=C[C@@H]2CCN(C3CCCCC3)C(=O)[C@@H]21. The molecule has 1 aliphatic heterocycles. The smallest absolute Gasteiger partial charge is 0.329 e. The first-order valence-corrected chi connectivity index (χ1v) is 14.1. The zero-order chi connectivity index (χ0) is 26.3. The standard InChI is InChI=1S/C32H38N2O4/c35-30(27-18-10-15-25-19-20-34(31(36)29(25)27)26-16-8-3-9-17-26)33-28(21-23-11-4-1-5-12-23)32(37)38-22-24-13-6-2-7-14-24/h1-2,4-7,10-15,25-29H,3,8-9,16-22H2,(H,33,35)/t25-,27-,28+,29+/m1/s1. The second-order valence-corrected chi connectivity index (χ2v) is 10.9. The number of hydrogen-bond acceptors (Lipinski definition) is 4. The van der Waals surface area contributed by atoms with Gasteiger partial charge in [0.05, 0.1) is 11.8 Å². The Kier molecular flexibility index (Phi) is 8.57. The van der Waals surface area contributed by atoms with Gasteiger partial charge in [-0.05, 0) is 42.7 Å². The van der Waals surface area contributed by atoms with E-state index in [1.54, 1.807) is 0 Å². The van der Waals surface area contributed by atoms with E-state index in [4.69, 9.17) is 4.74 Å². The molecule has 1 N–H and O–H groups in total. The highest BCUT2D eigenvalue weighted by molar-refractivity contribution is 5.91. The molecule has 2 aromatic carbocycles. The van der Waals surface area contributed by atoms with Gasteiger partial charge in [0.15, 0.2) is 0 Å². The minimum absolute atomic E-state index is 0.0736. The number of allylic oxidation sites excluding steroid dienone is 2. The Labute approximate surface area is 225 Å². The maximum atomic E-state index is 13.8. The average Bonchev–Trinajstić information content (AvgIpc) is 2.97. The lowest BCUT2D eigenvalue weighted by atomic mass is 9.70. The summed E-state index contributed by atoms with van der Waals surface area (Å²) in [6.07, 6.45) is 11.6. The van der Waals surface area contributed by atoms with Crippen LogP contribution in [0.3, 0.4) is 0 Å². The Bertz CT molecular complexity index is 1130. The number of ether oxygens (including phenoxy) is 1. The van der Waals surface area contributed by atoms with Crippen LogP contribution in [0.1, 0.15) is 56.1 Å². The molecule has 0 radical (unpaired) electrons. The molecule has 0 bridgehead atoms. The van der Waals surface area contributed by atoms with Crippen LogP contribution in [0.25, 0.3) is 0 Å². The van der Waals surface area contributed by atoms with Gasteiger partial charge < -0.3 is 15.0 Å². The second kappa shape index (κ2) is 12.4. The molecule has 2 aliphatic carbocycles. The summed E-state index contributed by atoms with van der Waals surface area (Å²) in [6.45, 7) is 0.915. The summed E-state index contributed by atoms with van der Waals surface area (Å²) < 4.78 is 5.63. The van der Waals surface area contributed by atoms with Gasteiger partial charge in [-0.3, -0.25) is 9.59 Å². The van der Waals surface area contributed by atoms with Crippen molar-refractivity contribution >= 4 is 17.8 Å². The van der Waals surface area contributed by atoms with E-state index >= 15 is 0 Å². The van der Waals surface area contributed by atoms with Crippen molar-refractivity contribution in [1.29, 1.82) is 0 Å². The molecule has 38 heavy (non-hydrogen) atoms. The number of hydrogen-bond donors (Lipinski definition) is 1. The Balaban J connectivity index is 1.30. The average molecular weight is 515 g/mol. The van der Waals surface area contributed by atoms with Crippen molar-refractivity contribution in [3.8, 4) is 0 Å². The first-order chi connectivity index (χ1) is 18.6. The number of carbonyl (C=O) groups is 3. The molecule has 3 aliphatic rings. The van der Waals surface area contributed by atoms with Crippen molar-refractivity contribution in [3.63, 3.8) is 0 Å². The molecule has 2 fully saturated rings. The molecule has 2 aromatic rings. The lowest BCUT2D eigenvalue weighted by molar-refractivity contribution is -0.153. The van der Waals surface area contributed by atoms with Crippen molar-refractivity contribution in [3.05, 3.63) is 83.9 Å². The lowest BCUT2D eigenvalue weighted by Crippen LogP contribution is -2.56. The van der Waals surface area contributed by atoms with Crippen LogP contribution in [0.15, 0.2) is 72.8 Å². The molecule has 0 unspecified atom stereocenters. The number of piperidine rings is 1. The molecule has 1 saturated heterocycles. The topological polar surface area (TPSA) is 75.7 Å². The highest BCUT2D eigenvalue weighted by atomic mass is 16.5. The fourth-order valence-electron chi connectivity index (χ4n) is 6.36. The first kappa shape index (κ1) is 26.2. The lowest BCUT2D eigenvalue weighted by Gasteiger charge is -2.45. The van der Waals surface area contributed by atoms with Crippen molar-refractivity contribution in [1.82, 2.24) is 10.2 Å². The minimum atomic E-state index is -0.828. The molecular weight excluding hydrogens is 476 g/mol. The Morgan fingerprint density at radius 3 is 2.32 bits per heavy atom. The molecule has 5 rings (SSSR count). The normalized spacial score (nSPS) is 24.4. The van der Waals surface area contributed by atoms with Gasteiger partial charge in [0, 0.05) is 19.0 Å². The summed E-state index contributed by atoms with van der Waals surface area (Å²) in [5, 5.41) is 3.00. The quantitative estimate of drug-likeness (QED) is 0.404. The van der Waals surface area contributed by atoms with Gasteiger partial charge in [-0.1, -0.05) is 92.1 Å². The number of nitrogens with zero attached hydrogens (tertiary/aromatic N) is 1. The van der Waals surface area contributed by atoms with Crippen molar-refractivity contribution in [2.24, 2.45) is 17.8 Å². The number of nitrogens with one attached hydrogen (secondary N) is 1.